The number of halogens is 2. The minimum atomic E-state index is -3.43. The molecule has 7 nitrogen and oxygen atoms in total. The number of aromatic nitrogens is 2. The van der Waals surface area contributed by atoms with Crippen molar-refractivity contribution >= 4 is 54.7 Å². The van der Waals surface area contributed by atoms with Crippen LogP contribution in [-0.4, -0.2) is 31.2 Å². The summed E-state index contributed by atoms with van der Waals surface area (Å²) in [7, 11) is -3.43. The molecular formula is C13H12BrClN4O3S. The molecule has 0 saturated carbocycles. The molecule has 10 heteroatoms. The summed E-state index contributed by atoms with van der Waals surface area (Å²) < 4.78 is 31.8. The van der Waals surface area contributed by atoms with Gasteiger partial charge in [0.05, 0.1) is 28.7 Å². The van der Waals surface area contributed by atoms with Gasteiger partial charge >= 0.3 is 0 Å². The Morgan fingerprint density at radius 2 is 2.13 bits per heavy atom. The van der Waals surface area contributed by atoms with Crippen LogP contribution in [0.2, 0.25) is 5.28 Å². The maximum Gasteiger partial charge on any atom is 0.229 e. The molecule has 0 atom stereocenters. The summed E-state index contributed by atoms with van der Waals surface area (Å²) in [5.41, 5.74) is 1.87. The van der Waals surface area contributed by atoms with E-state index in [0.717, 1.165) is 18.2 Å². The number of nitrogens with zero attached hydrogens (tertiary/aromatic N) is 2. The molecule has 23 heavy (non-hydrogen) atoms. The van der Waals surface area contributed by atoms with Gasteiger partial charge in [-0.1, -0.05) is 0 Å². The molecule has 1 aromatic heterocycles. The van der Waals surface area contributed by atoms with Crippen molar-refractivity contribution in [3.63, 3.8) is 0 Å². The topological polar surface area (TPSA) is 93.2 Å². The maximum absolute atomic E-state index is 11.6. The highest BCUT2D eigenvalue weighted by molar-refractivity contribution is 9.10. The molecule has 2 aromatic rings. The van der Waals surface area contributed by atoms with Gasteiger partial charge in [0.25, 0.3) is 0 Å². The fourth-order valence-electron chi connectivity index (χ4n) is 2.17. The van der Waals surface area contributed by atoms with Crippen LogP contribution in [0.4, 0.5) is 17.2 Å². The average molecular weight is 420 g/mol. The van der Waals surface area contributed by atoms with Crippen LogP contribution >= 0.6 is 27.5 Å². The summed E-state index contributed by atoms with van der Waals surface area (Å²) in [6, 6.07) is 3.49. The van der Waals surface area contributed by atoms with Crippen molar-refractivity contribution in [2.45, 2.75) is 6.42 Å². The lowest BCUT2D eigenvalue weighted by molar-refractivity contribution is 0.357. The van der Waals surface area contributed by atoms with Crippen LogP contribution in [0.15, 0.2) is 22.8 Å². The Morgan fingerprint density at radius 3 is 2.87 bits per heavy atom. The molecule has 0 saturated heterocycles. The zero-order valence-corrected chi connectivity index (χ0v) is 15.1. The third kappa shape index (κ3) is 3.85. The molecule has 1 aliphatic heterocycles. The minimum absolute atomic E-state index is 0.0748. The third-order valence-electron chi connectivity index (χ3n) is 3.09. The molecule has 0 bridgehead atoms. The van der Waals surface area contributed by atoms with E-state index in [1.807, 2.05) is 0 Å². The molecule has 0 fully saturated rings. The standard InChI is InChI=1S/C13H12BrClN4O3S/c1-23(20,21)19-10-4-7-2-3-22-11(7)5-9(10)17-12-8(14)6-16-13(15)18-12/h4-6,19H,2-3H2,1H3,(H,16,17,18). The van der Waals surface area contributed by atoms with Gasteiger partial charge in [0.15, 0.2) is 0 Å². The molecule has 2 N–H and O–H groups in total. The number of sulfonamides is 1. The lowest BCUT2D eigenvalue weighted by atomic mass is 10.1. The summed E-state index contributed by atoms with van der Waals surface area (Å²) in [6.45, 7) is 0.570. The first kappa shape index (κ1) is 16.3. The molecular weight excluding hydrogens is 408 g/mol. The summed E-state index contributed by atoms with van der Waals surface area (Å²) in [5, 5.41) is 3.12. The van der Waals surface area contributed by atoms with Crippen LogP contribution in [0, 0.1) is 0 Å². The van der Waals surface area contributed by atoms with Gasteiger partial charge in [-0.15, -0.1) is 0 Å². The van der Waals surface area contributed by atoms with Crippen LogP contribution in [0.1, 0.15) is 5.56 Å². The third-order valence-corrected chi connectivity index (χ3v) is 4.45. The summed E-state index contributed by atoms with van der Waals surface area (Å²) in [5.74, 6) is 1.13. The van der Waals surface area contributed by atoms with E-state index in [-0.39, 0.29) is 5.28 Å². The van der Waals surface area contributed by atoms with Crippen LogP contribution in [-0.2, 0) is 16.4 Å². The van der Waals surface area contributed by atoms with Crippen molar-refractivity contribution in [1.82, 2.24) is 9.97 Å². The molecule has 0 unspecified atom stereocenters. The SMILES string of the molecule is CS(=O)(=O)Nc1cc2c(cc1Nc1nc(Cl)ncc1Br)OCC2. The first-order chi connectivity index (χ1) is 10.8. The second-order valence-corrected chi connectivity index (χ2v) is 7.88. The number of hydrogen-bond acceptors (Lipinski definition) is 6. The first-order valence-corrected chi connectivity index (χ1v) is 9.60. The lowest BCUT2D eigenvalue weighted by Crippen LogP contribution is -2.11. The van der Waals surface area contributed by atoms with Gasteiger partial charge in [-0.2, -0.15) is 4.98 Å². The van der Waals surface area contributed by atoms with E-state index in [1.165, 1.54) is 6.20 Å². The highest BCUT2D eigenvalue weighted by atomic mass is 79.9. The van der Waals surface area contributed by atoms with Crippen molar-refractivity contribution in [2.24, 2.45) is 0 Å². The average Bonchev–Trinajstić information content (AvgIpc) is 2.88. The molecule has 0 radical (unpaired) electrons. The number of anilines is 3. The minimum Gasteiger partial charge on any atom is -0.493 e. The van der Waals surface area contributed by atoms with Gasteiger partial charge in [-0.05, 0) is 39.2 Å². The smallest absolute Gasteiger partial charge is 0.229 e. The van der Waals surface area contributed by atoms with E-state index in [0.29, 0.717) is 34.0 Å². The van der Waals surface area contributed by atoms with Crippen molar-refractivity contribution in [1.29, 1.82) is 0 Å². The van der Waals surface area contributed by atoms with Crippen LogP contribution in [0.5, 0.6) is 5.75 Å². The van der Waals surface area contributed by atoms with Gasteiger partial charge in [0.2, 0.25) is 15.3 Å². The zero-order chi connectivity index (χ0) is 16.6. The van der Waals surface area contributed by atoms with Crippen molar-refractivity contribution in [3.05, 3.63) is 33.6 Å². The number of ether oxygens (including phenoxy) is 1. The zero-order valence-electron chi connectivity index (χ0n) is 11.9. The number of nitrogens with one attached hydrogen (secondary N) is 2. The quantitative estimate of drug-likeness (QED) is 0.740. The predicted octanol–water partition coefficient (Wildman–Crippen LogP) is 2.94. The van der Waals surface area contributed by atoms with Gasteiger partial charge < -0.3 is 10.1 Å². The number of rotatable bonds is 4. The van der Waals surface area contributed by atoms with Crippen LogP contribution in [0.25, 0.3) is 0 Å². The molecule has 122 valence electrons. The number of fused-ring (bicyclic) bond motifs is 1. The molecule has 3 rings (SSSR count). The van der Waals surface area contributed by atoms with Gasteiger partial charge in [0.1, 0.15) is 11.6 Å². The second-order valence-electron chi connectivity index (χ2n) is 4.94. The normalized spacial score (nSPS) is 13.3. The van der Waals surface area contributed by atoms with E-state index in [2.05, 4.69) is 35.9 Å². The predicted molar refractivity (Wildman–Crippen MR) is 92.1 cm³/mol. The Balaban J connectivity index is 2.04. The number of hydrogen-bond donors (Lipinski definition) is 2. The maximum atomic E-state index is 11.6. The molecule has 0 amide bonds. The summed E-state index contributed by atoms with van der Waals surface area (Å²) in [6.07, 6.45) is 3.33. The highest BCUT2D eigenvalue weighted by Crippen LogP contribution is 2.37. The first-order valence-electron chi connectivity index (χ1n) is 6.54. The second kappa shape index (κ2) is 6.14. The molecule has 1 aromatic carbocycles. The Bertz CT molecular complexity index is 876. The summed E-state index contributed by atoms with van der Waals surface area (Å²) in [4.78, 5) is 7.93. The van der Waals surface area contributed by atoms with E-state index in [4.69, 9.17) is 16.3 Å². The lowest BCUT2D eigenvalue weighted by Gasteiger charge is -2.15. The van der Waals surface area contributed by atoms with Crippen molar-refractivity contribution < 1.29 is 13.2 Å². The van der Waals surface area contributed by atoms with Gasteiger partial charge in [-0.3, -0.25) is 4.72 Å². The highest BCUT2D eigenvalue weighted by Gasteiger charge is 2.19. The Labute approximate surface area is 146 Å². The Kier molecular flexibility index (Phi) is 4.35. The van der Waals surface area contributed by atoms with E-state index in [9.17, 15) is 8.42 Å². The Morgan fingerprint density at radius 1 is 1.35 bits per heavy atom. The van der Waals surface area contributed by atoms with Crippen LogP contribution < -0.4 is 14.8 Å². The van der Waals surface area contributed by atoms with E-state index < -0.39 is 10.0 Å². The molecule has 2 heterocycles. The Hall–Kier alpha value is -1.58. The fraction of sp³-hybridized carbons (Fsp3) is 0.231. The summed E-state index contributed by atoms with van der Waals surface area (Å²) >= 11 is 9.12. The monoisotopic (exact) mass is 418 g/mol. The largest absolute Gasteiger partial charge is 0.493 e. The number of benzene rings is 1. The molecule has 0 spiro atoms. The molecule has 1 aliphatic rings. The van der Waals surface area contributed by atoms with Crippen LogP contribution in [0.3, 0.4) is 0 Å². The van der Waals surface area contributed by atoms with Crippen molar-refractivity contribution in [2.75, 3.05) is 22.9 Å². The van der Waals surface area contributed by atoms with Gasteiger partial charge in [-0.25, -0.2) is 13.4 Å². The van der Waals surface area contributed by atoms with Crippen molar-refractivity contribution in [3.8, 4) is 5.75 Å². The van der Waals surface area contributed by atoms with Gasteiger partial charge in [0, 0.05) is 18.7 Å². The molecule has 0 aliphatic carbocycles. The van der Waals surface area contributed by atoms with E-state index >= 15 is 0 Å². The fourth-order valence-corrected chi connectivity index (χ4v) is 3.17. The van der Waals surface area contributed by atoms with E-state index in [1.54, 1.807) is 12.1 Å².